The molecule has 0 radical (unpaired) electrons. The molecule has 3 aromatic rings. The molecule has 1 saturated heterocycles. The first-order valence-electron chi connectivity index (χ1n) is 15.6. The van der Waals surface area contributed by atoms with Gasteiger partial charge in [0.15, 0.2) is 6.10 Å². The zero-order chi connectivity index (χ0) is 32.0. The number of pyridine rings is 1. The minimum atomic E-state index is -1.14. The molecule has 1 atom stereocenters. The minimum Gasteiger partial charge on any atom is -0.479 e. The number of piperidine rings is 1. The highest BCUT2D eigenvalue weighted by molar-refractivity contribution is 6.30. The Hall–Kier alpha value is -3.00. The average molecular weight is 622 g/mol. The van der Waals surface area contributed by atoms with Gasteiger partial charge in [-0.1, -0.05) is 43.6 Å². The van der Waals surface area contributed by atoms with Gasteiger partial charge >= 0.3 is 5.97 Å². The molecule has 2 aliphatic rings. The van der Waals surface area contributed by atoms with E-state index in [1.165, 1.54) is 17.2 Å². The molecule has 0 spiro atoms. The summed E-state index contributed by atoms with van der Waals surface area (Å²) in [7, 11) is 0. The van der Waals surface area contributed by atoms with Crippen LogP contribution in [0.1, 0.15) is 87.2 Å². The Labute approximate surface area is 266 Å². The van der Waals surface area contributed by atoms with Gasteiger partial charge in [0.05, 0.1) is 11.3 Å². The fraction of sp³-hybridized carbons (Fsp3) is 0.500. The van der Waals surface area contributed by atoms with Gasteiger partial charge in [-0.15, -0.1) is 0 Å². The highest BCUT2D eigenvalue weighted by Gasteiger charge is 2.36. The number of carbonyl (C=O) groups is 1. The number of aryl methyl sites for hydroxylation is 2. The lowest BCUT2D eigenvalue weighted by molar-refractivity contribution is -0.160. The highest BCUT2D eigenvalue weighted by atomic mass is 35.5. The van der Waals surface area contributed by atoms with E-state index < -0.39 is 17.7 Å². The molecule has 5 rings (SSSR count). The Bertz CT molecular complexity index is 1530. The maximum atomic E-state index is 13.9. The molecule has 3 heterocycles. The second kappa shape index (κ2) is 12.4. The Kier molecular flexibility index (Phi) is 9.14. The zero-order valence-electron chi connectivity index (χ0n) is 27.1. The van der Waals surface area contributed by atoms with Gasteiger partial charge in [0, 0.05) is 60.3 Å². The molecular weight excluding hydrogens is 577 g/mol. The lowest BCUT2D eigenvalue weighted by atomic mass is 9.81. The Morgan fingerprint density at radius 1 is 1.07 bits per heavy atom. The summed E-state index contributed by atoms with van der Waals surface area (Å²) in [5.41, 5.74) is 8.11. The van der Waals surface area contributed by atoms with Crippen molar-refractivity contribution in [2.45, 2.75) is 92.5 Å². The smallest absolute Gasteiger partial charge is 0.337 e. The van der Waals surface area contributed by atoms with Crippen molar-refractivity contribution >= 4 is 23.3 Å². The van der Waals surface area contributed by atoms with Crippen LogP contribution < -0.4 is 4.90 Å². The lowest BCUT2D eigenvalue weighted by Gasteiger charge is -2.41. The van der Waals surface area contributed by atoms with Crippen molar-refractivity contribution in [2.24, 2.45) is 5.41 Å². The van der Waals surface area contributed by atoms with Gasteiger partial charge in [-0.3, -0.25) is 9.88 Å². The molecule has 44 heavy (non-hydrogen) atoms. The average Bonchev–Trinajstić information content (AvgIpc) is 2.90. The number of fused-ring (bicyclic) bond motifs is 1. The summed E-state index contributed by atoms with van der Waals surface area (Å²) >= 11 is 6.10. The van der Waals surface area contributed by atoms with E-state index in [0.717, 1.165) is 73.5 Å². The van der Waals surface area contributed by atoms with Crippen LogP contribution in [0.2, 0.25) is 5.02 Å². The molecule has 0 amide bonds. The van der Waals surface area contributed by atoms with Crippen molar-refractivity contribution in [1.29, 1.82) is 0 Å². The predicted octanol–water partition coefficient (Wildman–Crippen LogP) is 8.28. The van der Waals surface area contributed by atoms with Crippen LogP contribution in [-0.2, 0) is 29.0 Å². The maximum absolute atomic E-state index is 13.9. The molecule has 0 aliphatic carbocycles. The minimum absolute atomic E-state index is 0.233. The highest BCUT2D eigenvalue weighted by Crippen LogP contribution is 2.45. The van der Waals surface area contributed by atoms with E-state index in [1.54, 1.807) is 6.07 Å². The Balaban J connectivity index is 1.56. The Morgan fingerprint density at radius 2 is 1.77 bits per heavy atom. The number of carboxylic acid groups (broad SMARTS) is 1. The van der Waals surface area contributed by atoms with Gasteiger partial charge in [-0.25, -0.2) is 9.18 Å². The molecule has 8 heteroatoms. The van der Waals surface area contributed by atoms with Crippen molar-refractivity contribution in [3.05, 3.63) is 80.9 Å². The summed E-state index contributed by atoms with van der Waals surface area (Å²) in [6.45, 7) is 18.1. The van der Waals surface area contributed by atoms with E-state index in [2.05, 4.69) is 41.8 Å². The van der Waals surface area contributed by atoms with E-state index in [-0.39, 0.29) is 11.2 Å². The molecule has 6 nitrogen and oxygen atoms in total. The molecule has 0 saturated carbocycles. The van der Waals surface area contributed by atoms with Gasteiger partial charge in [0.1, 0.15) is 5.82 Å². The zero-order valence-corrected chi connectivity index (χ0v) is 27.8. The molecule has 2 aromatic carbocycles. The van der Waals surface area contributed by atoms with Gasteiger partial charge in [0.2, 0.25) is 0 Å². The number of carboxylic acids is 1. The van der Waals surface area contributed by atoms with E-state index in [1.807, 2.05) is 40.7 Å². The van der Waals surface area contributed by atoms with Crippen molar-refractivity contribution < 1.29 is 19.0 Å². The standard InChI is InChI=1S/C36H45ClFN3O3/c1-22-30(26-8-9-27-21-40(13-10-25(27)18-26)20-24-16-28(37)19-29(38)17-24)32(41-14-11-36(6,7)12-15-41)31(23(2)39-22)33(34(42)43)44-35(3,4)5/h8-9,16-19,33H,10-15,20-21H2,1-7H3,(H,42,43)/t33-/m0/s1. The Morgan fingerprint density at radius 3 is 2.41 bits per heavy atom. The summed E-state index contributed by atoms with van der Waals surface area (Å²) in [4.78, 5) is 22.4. The first-order valence-corrected chi connectivity index (χ1v) is 15.9. The number of nitrogens with zero attached hydrogens (tertiary/aromatic N) is 3. The van der Waals surface area contributed by atoms with Crippen LogP contribution in [0.3, 0.4) is 0 Å². The van der Waals surface area contributed by atoms with Crippen LogP contribution in [0.25, 0.3) is 11.1 Å². The van der Waals surface area contributed by atoms with Crippen LogP contribution in [0.5, 0.6) is 0 Å². The first-order chi connectivity index (χ1) is 20.6. The van der Waals surface area contributed by atoms with E-state index in [4.69, 9.17) is 21.3 Å². The quantitative estimate of drug-likeness (QED) is 0.286. The summed E-state index contributed by atoms with van der Waals surface area (Å²) in [5.74, 6) is -1.33. The number of ether oxygens (including phenoxy) is 1. The number of aliphatic carboxylic acids is 1. The molecule has 0 unspecified atom stereocenters. The van der Waals surface area contributed by atoms with Gasteiger partial charge in [-0.05, 0) is 99.7 Å². The number of anilines is 1. The monoisotopic (exact) mass is 621 g/mol. The number of halogens is 2. The summed E-state index contributed by atoms with van der Waals surface area (Å²) in [5, 5.41) is 10.9. The normalized spacial score (nSPS) is 17.8. The van der Waals surface area contributed by atoms with E-state index in [0.29, 0.717) is 22.8 Å². The summed E-state index contributed by atoms with van der Waals surface area (Å²) < 4.78 is 20.2. The fourth-order valence-electron chi connectivity index (χ4n) is 6.62. The second-order valence-electron chi connectivity index (χ2n) is 14.2. The third-order valence-corrected chi connectivity index (χ3v) is 9.10. The van der Waals surface area contributed by atoms with Crippen LogP contribution in [0.4, 0.5) is 10.1 Å². The fourth-order valence-corrected chi connectivity index (χ4v) is 6.86. The molecule has 1 fully saturated rings. The SMILES string of the molecule is Cc1nc(C)c([C@H](OC(C)(C)C)C(=O)O)c(N2CCC(C)(C)CC2)c1-c1ccc2c(c1)CCN(Cc1cc(F)cc(Cl)c1)C2. The number of hydrogen-bond donors (Lipinski definition) is 1. The van der Waals surface area contributed by atoms with Crippen molar-refractivity contribution in [2.75, 3.05) is 24.5 Å². The van der Waals surface area contributed by atoms with E-state index >= 15 is 0 Å². The molecule has 1 aromatic heterocycles. The molecule has 1 N–H and O–H groups in total. The second-order valence-corrected chi connectivity index (χ2v) is 14.7. The molecule has 236 valence electrons. The number of aromatic nitrogens is 1. The molecule has 0 bridgehead atoms. The number of benzene rings is 2. The lowest BCUT2D eigenvalue weighted by Crippen LogP contribution is -2.39. The number of hydrogen-bond acceptors (Lipinski definition) is 5. The third-order valence-electron chi connectivity index (χ3n) is 8.88. The molecule has 2 aliphatic heterocycles. The van der Waals surface area contributed by atoms with Gasteiger partial charge in [0.25, 0.3) is 0 Å². The molecular formula is C36H45ClFN3O3. The van der Waals surface area contributed by atoms with Crippen molar-refractivity contribution in [3.8, 4) is 11.1 Å². The number of rotatable bonds is 7. The predicted molar refractivity (Wildman–Crippen MR) is 175 cm³/mol. The van der Waals surface area contributed by atoms with Crippen LogP contribution in [0, 0.1) is 25.1 Å². The maximum Gasteiger partial charge on any atom is 0.337 e. The summed E-state index contributed by atoms with van der Waals surface area (Å²) in [6, 6.07) is 11.3. The van der Waals surface area contributed by atoms with Crippen molar-refractivity contribution in [1.82, 2.24) is 9.88 Å². The van der Waals surface area contributed by atoms with Crippen LogP contribution >= 0.6 is 11.6 Å². The summed E-state index contributed by atoms with van der Waals surface area (Å²) in [6.07, 6.45) is 1.74. The topological polar surface area (TPSA) is 65.9 Å². The van der Waals surface area contributed by atoms with Crippen LogP contribution in [-0.4, -0.2) is 46.2 Å². The third kappa shape index (κ3) is 7.27. The van der Waals surface area contributed by atoms with Gasteiger partial charge in [-0.2, -0.15) is 0 Å². The van der Waals surface area contributed by atoms with E-state index in [9.17, 15) is 14.3 Å². The first kappa shape index (κ1) is 32.4. The van der Waals surface area contributed by atoms with Crippen molar-refractivity contribution in [3.63, 3.8) is 0 Å². The van der Waals surface area contributed by atoms with Gasteiger partial charge < -0.3 is 14.7 Å². The van der Waals surface area contributed by atoms with Crippen LogP contribution in [0.15, 0.2) is 36.4 Å². The largest absolute Gasteiger partial charge is 0.479 e.